The molecule has 0 aliphatic carbocycles. The Hall–Kier alpha value is 0.350. The normalized spacial score (nSPS) is 13.0. The highest BCUT2D eigenvalue weighted by Crippen LogP contribution is 2.26. The Balaban J connectivity index is 2.82. The van der Waals surface area contributed by atoms with E-state index in [1.54, 1.807) is 0 Å². The van der Waals surface area contributed by atoms with E-state index in [0.717, 1.165) is 17.4 Å². The molecule has 0 amide bonds. The van der Waals surface area contributed by atoms with Crippen LogP contribution >= 0.6 is 38.5 Å². The van der Waals surface area contributed by atoms with Crippen LogP contribution in [0.15, 0.2) is 22.7 Å². The summed E-state index contributed by atoms with van der Waals surface area (Å²) in [6.07, 6.45) is 1.39. The summed E-state index contributed by atoms with van der Waals surface area (Å²) in [5.74, 6) is 0. The van der Waals surface area contributed by atoms with Gasteiger partial charge in [-0.05, 0) is 73.2 Å². The monoisotopic (exact) mass is 425 g/mol. The van der Waals surface area contributed by atoms with Gasteiger partial charge in [-0.1, -0.05) is 22.9 Å². The van der Waals surface area contributed by atoms with Crippen LogP contribution in [0.4, 0.5) is 0 Å². The Kier molecular flexibility index (Phi) is 7.75. The molecular formula is C14H21BrINO. The van der Waals surface area contributed by atoms with E-state index in [-0.39, 0.29) is 12.1 Å². The Morgan fingerprint density at radius 3 is 2.72 bits per heavy atom. The number of nitrogens with one attached hydrogen (secondary N) is 1. The Morgan fingerprint density at radius 1 is 1.39 bits per heavy atom. The lowest BCUT2D eigenvalue weighted by Gasteiger charge is -2.22. The molecule has 1 aromatic carbocycles. The Morgan fingerprint density at radius 2 is 2.11 bits per heavy atom. The van der Waals surface area contributed by atoms with Crippen molar-refractivity contribution in [2.24, 2.45) is 0 Å². The van der Waals surface area contributed by atoms with Gasteiger partial charge in [-0.3, -0.25) is 0 Å². The molecule has 2 nitrogen and oxygen atoms in total. The van der Waals surface area contributed by atoms with Gasteiger partial charge in [0.1, 0.15) is 0 Å². The fourth-order valence-corrected chi connectivity index (χ4v) is 2.69. The van der Waals surface area contributed by atoms with Crippen LogP contribution in [0.3, 0.4) is 0 Å². The van der Waals surface area contributed by atoms with Crippen LogP contribution in [0.25, 0.3) is 0 Å². The number of benzene rings is 1. The van der Waals surface area contributed by atoms with Crippen molar-refractivity contribution in [3.8, 4) is 0 Å². The first-order valence-corrected chi connectivity index (χ1v) is 8.21. The molecule has 0 aliphatic heterocycles. The second kappa shape index (κ2) is 8.51. The SMILES string of the molecule is CCCNC(COC(C)C)c1cc(I)ccc1Br. The van der Waals surface area contributed by atoms with E-state index >= 15 is 0 Å². The first-order valence-electron chi connectivity index (χ1n) is 6.34. The molecule has 0 heterocycles. The van der Waals surface area contributed by atoms with Gasteiger partial charge < -0.3 is 10.1 Å². The van der Waals surface area contributed by atoms with Gasteiger partial charge in [0.15, 0.2) is 0 Å². The van der Waals surface area contributed by atoms with Crippen LogP contribution in [-0.4, -0.2) is 19.3 Å². The third-order valence-electron chi connectivity index (χ3n) is 2.57. The molecule has 1 aromatic rings. The summed E-state index contributed by atoms with van der Waals surface area (Å²) < 4.78 is 8.16. The van der Waals surface area contributed by atoms with E-state index in [0.29, 0.717) is 6.61 Å². The summed E-state index contributed by atoms with van der Waals surface area (Å²) in [4.78, 5) is 0. The van der Waals surface area contributed by atoms with E-state index in [1.807, 2.05) is 0 Å². The maximum atomic E-state index is 5.76. The summed E-state index contributed by atoms with van der Waals surface area (Å²) in [6.45, 7) is 8.03. The van der Waals surface area contributed by atoms with Crippen molar-refractivity contribution in [2.75, 3.05) is 13.2 Å². The molecular weight excluding hydrogens is 405 g/mol. The van der Waals surface area contributed by atoms with Gasteiger partial charge in [0.05, 0.1) is 18.8 Å². The highest BCUT2D eigenvalue weighted by Gasteiger charge is 2.15. The van der Waals surface area contributed by atoms with Crippen LogP contribution < -0.4 is 5.32 Å². The van der Waals surface area contributed by atoms with E-state index in [2.05, 4.69) is 82.8 Å². The van der Waals surface area contributed by atoms with Gasteiger partial charge in [0.25, 0.3) is 0 Å². The quantitative estimate of drug-likeness (QED) is 0.648. The zero-order valence-electron chi connectivity index (χ0n) is 11.2. The highest BCUT2D eigenvalue weighted by atomic mass is 127. The molecule has 1 N–H and O–H groups in total. The lowest BCUT2D eigenvalue weighted by molar-refractivity contribution is 0.0610. The standard InChI is InChI=1S/C14H21BrINO/c1-4-7-17-14(9-18-10(2)3)12-8-11(16)5-6-13(12)15/h5-6,8,10,14,17H,4,7,9H2,1-3H3. The van der Waals surface area contributed by atoms with Crippen molar-refractivity contribution in [1.82, 2.24) is 5.32 Å². The fraction of sp³-hybridized carbons (Fsp3) is 0.571. The molecule has 0 saturated heterocycles. The van der Waals surface area contributed by atoms with E-state index in [4.69, 9.17) is 4.74 Å². The summed E-state index contributed by atoms with van der Waals surface area (Å²) in [7, 11) is 0. The van der Waals surface area contributed by atoms with Crippen molar-refractivity contribution < 1.29 is 4.74 Å². The molecule has 0 aliphatic rings. The maximum Gasteiger partial charge on any atom is 0.0665 e. The number of halogens is 2. The first kappa shape index (κ1) is 16.4. The van der Waals surface area contributed by atoms with Gasteiger partial charge >= 0.3 is 0 Å². The molecule has 1 rings (SSSR count). The molecule has 102 valence electrons. The summed E-state index contributed by atoms with van der Waals surface area (Å²) in [5, 5.41) is 3.55. The van der Waals surface area contributed by atoms with Gasteiger partial charge in [-0.2, -0.15) is 0 Å². The topological polar surface area (TPSA) is 21.3 Å². The van der Waals surface area contributed by atoms with E-state index < -0.39 is 0 Å². The van der Waals surface area contributed by atoms with E-state index in [9.17, 15) is 0 Å². The molecule has 0 bridgehead atoms. The Bertz CT molecular complexity index is 371. The molecule has 0 fully saturated rings. The third-order valence-corrected chi connectivity index (χ3v) is 3.96. The van der Waals surface area contributed by atoms with Crippen molar-refractivity contribution in [3.05, 3.63) is 31.8 Å². The average molecular weight is 426 g/mol. The molecule has 18 heavy (non-hydrogen) atoms. The predicted molar refractivity (Wildman–Crippen MR) is 89.0 cm³/mol. The largest absolute Gasteiger partial charge is 0.377 e. The van der Waals surface area contributed by atoms with Gasteiger partial charge in [-0.25, -0.2) is 0 Å². The lowest BCUT2D eigenvalue weighted by atomic mass is 10.1. The lowest BCUT2D eigenvalue weighted by Crippen LogP contribution is -2.28. The van der Waals surface area contributed by atoms with E-state index in [1.165, 1.54) is 9.13 Å². The van der Waals surface area contributed by atoms with Gasteiger partial charge in [-0.15, -0.1) is 0 Å². The number of hydrogen-bond acceptors (Lipinski definition) is 2. The van der Waals surface area contributed by atoms with Crippen LogP contribution in [0, 0.1) is 3.57 Å². The van der Waals surface area contributed by atoms with Crippen molar-refractivity contribution in [2.45, 2.75) is 39.3 Å². The molecule has 0 radical (unpaired) electrons. The van der Waals surface area contributed by atoms with Crippen molar-refractivity contribution >= 4 is 38.5 Å². The number of ether oxygens (including phenoxy) is 1. The van der Waals surface area contributed by atoms with Gasteiger partial charge in [0, 0.05) is 8.04 Å². The zero-order chi connectivity index (χ0) is 13.5. The number of rotatable bonds is 7. The molecule has 0 spiro atoms. The van der Waals surface area contributed by atoms with Crippen LogP contribution in [-0.2, 0) is 4.74 Å². The van der Waals surface area contributed by atoms with Crippen LogP contribution in [0.2, 0.25) is 0 Å². The molecule has 1 unspecified atom stereocenters. The minimum atomic E-state index is 0.247. The highest BCUT2D eigenvalue weighted by molar-refractivity contribution is 14.1. The van der Waals surface area contributed by atoms with Crippen LogP contribution in [0.1, 0.15) is 38.8 Å². The molecule has 1 atom stereocenters. The zero-order valence-corrected chi connectivity index (χ0v) is 14.9. The maximum absolute atomic E-state index is 5.76. The average Bonchev–Trinajstić information content (AvgIpc) is 2.32. The smallest absolute Gasteiger partial charge is 0.0665 e. The minimum absolute atomic E-state index is 0.247. The number of hydrogen-bond donors (Lipinski definition) is 1. The summed E-state index contributed by atoms with van der Waals surface area (Å²) in [5.41, 5.74) is 1.27. The Labute approximate surface area is 132 Å². The van der Waals surface area contributed by atoms with Crippen molar-refractivity contribution in [1.29, 1.82) is 0 Å². The second-order valence-electron chi connectivity index (χ2n) is 4.55. The third kappa shape index (κ3) is 5.55. The van der Waals surface area contributed by atoms with Gasteiger partial charge in [0.2, 0.25) is 0 Å². The fourth-order valence-electron chi connectivity index (χ4n) is 1.65. The molecule has 4 heteroatoms. The first-order chi connectivity index (χ1) is 8.54. The molecule has 0 saturated carbocycles. The van der Waals surface area contributed by atoms with Crippen LogP contribution in [0.5, 0.6) is 0 Å². The molecule has 0 aromatic heterocycles. The summed E-state index contributed by atoms with van der Waals surface area (Å²) >= 11 is 5.98. The summed E-state index contributed by atoms with van der Waals surface area (Å²) in [6, 6.07) is 6.67. The minimum Gasteiger partial charge on any atom is -0.377 e. The van der Waals surface area contributed by atoms with Crippen molar-refractivity contribution in [3.63, 3.8) is 0 Å². The second-order valence-corrected chi connectivity index (χ2v) is 6.65. The predicted octanol–water partition coefficient (Wildman–Crippen LogP) is 4.52.